The lowest BCUT2D eigenvalue weighted by atomic mass is 9.83. The molecule has 0 spiro atoms. The second-order valence-electron chi connectivity index (χ2n) is 11.9. The number of aromatic hydroxyl groups is 1. The van der Waals surface area contributed by atoms with Crippen LogP contribution in [0.5, 0.6) is 5.75 Å². The molecule has 1 atom stereocenters. The Morgan fingerprint density at radius 2 is 1.65 bits per heavy atom. The van der Waals surface area contributed by atoms with Crippen molar-refractivity contribution in [2.75, 3.05) is 45.4 Å². The molecule has 0 bridgehead atoms. The van der Waals surface area contributed by atoms with Crippen molar-refractivity contribution < 1.29 is 38.5 Å². The minimum atomic E-state index is -1.19. The number of carbonyl (C=O) groups excluding carboxylic acids is 2. The van der Waals surface area contributed by atoms with Crippen LogP contribution in [0.25, 0.3) is 27.9 Å². The number of hydrogen-bond acceptors (Lipinski definition) is 8. The molecule has 0 saturated carbocycles. The number of carboxylic acid groups (broad SMARTS) is 1. The van der Waals surface area contributed by atoms with Crippen LogP contribution in [0.1, 0.15) is 63.4 Å². The molecule has 0 radical (unpaired) electrons. The number of carboxylic acids is 1. The van der Waals surface area contributed by atoms with Gasteiger partial charge in [0.1, 0.15) is 17.1 Å². The highest BCUT2D eigenvalue weighted by Crippen LogP contribution is 2.42. The highest BCUT2D eigenvalue weighted by Gasteiger charge is 2.29. The van der Waals surface area contributed by atoms with Crippen LogP contribution in [0.3, 0.4) is 0 Å². The number of nitrogens with one attached hydrogen (secondary N) is 2. The van der Waals surface area contributed by atoms with Gasteiger partial charge in [0.25, 0.3) is 0 Å². The van der Waals surface area contributed by atoms with E-state index in [0.29, 0.717) is 85.7 Å². The number of alkyl halides is 1. The number of rotatable bonds is 21. The van der Waals surface area contributed by atoms with E-state index in [1.54, 1.807) is 18.2 Å². The summed E-state index contributed by atoms with van der Waals surface area (Å²) in [4.78, 5) is 49.6. The van der Waals surface area contributed by atoms with Gasteiger partial charge < -0.3 is 34.7 Å². The fourth-order valence-corrected chi connectivity index (χ4v) is 5.91. The van der Waals surface area contributed by atoms with E-state index in [4.69, 9.17) is 25.5 Å². The third-order valence-corrected chi connectivity index (χ3v) is 8.51. The number of allylic oxidation sites excluding steroid dienone is 1. The molecule has 1 aromatic rings. The van der Waals surface area contributed by atoms with Gasteiger partial charge in [-0.3, -0.25) is 14.4 Å². The molecule has 0 saturated heterocycles. The lowest BCUT2D eigenvalue weighted by Gasteiger charge is -2.23. The predicted octanol–water partition coefficient (Wildman–Crippen LogP) is 5.64. The molecule has 0 fully saturated rings. The topological polar surface area (TPSA) is 164 Å². The number of phenols is 1. The van der Waals surface area contributed by atoms with E-state index in [0.717, 1.165) is 38.7 Å². The number of benzene rings is 2. The van der Waals surface area contributed by atoms with Crippen LogP contribution >= 0.6 is 11.6 Å². The molecule has 1 aliphatic heterocycles. The van der Waals surface area contributed by atoms with E-state index >= 15 is 0 Å². The van der Waals surface area contributed by atoms with Crippen molar-refractivity contribution in [3.05, 3.63) is 69.9 Å². The summed E-state index contributed by atoms with van der Waals surface area (Å²) in [7, 11) is 0. The second kappa shape index (κ2) is 19.7. The fraction of sp³-hybridized carbons (Fsp3) is 0.459. The SMILES string of the molecule is O=C(CCCCCNC(=O)C1C=C(C(=O)O)C(c2c3ccc(=O)cc-3oc3cc(O)ccc23)=CC1)NCCOCCOCCCCCCCl. The van der Waals surface area contributed by atoms with Gasteiger partial charge >= 0.3 is 5.97 Å². The first kappa shape index (κ1) is 37.6. The zero-order valence-electron chi connectivity index (χ0n) is 27.6. The average Bonchev–Trinajstić information content (AvgIpc) is 3.08. The van der Waals surface area contributed by atoms with Crippen molar-refractivity contribution >= 4 is 45.9 Å². The molecule has 2 amide bonds. The zero-order chi connectivity index (χ0) is 35.0. The zero-order valence-corrected chi connectivity index (χ0v) is 28.4. The van der Waals surface area contributed by atoms with Crippen molar-refractivity contribution in [2.45, 2.75) is 57.8 Å². The summed E-state index contributed by atoms with van der Waals surface area (Å²) in [5.74, 6) is -1.27. The molecule has 0 aromatic heterocycles. The lowest BCUT2D eigenvalue weighted by Crippen LogP contribution is -2.32. The Morgan fingerprint density at radius 3 is 2.45 bits per heavy atom. The van der Waals surface area contributed by atoms with Gasteiger partial charge in [0.05, 0.1) is 31.3 Å². The van der Waals surface area contributed by atoms with Crippen molar-refractivity contribution in [3.63, 3.8) is 0 Å². The summed E-state index contributed by atoms with van der Waals surface area (Å²) in [6.07, 6.45) is 10.3. The highest BCUT2D eigenvalue weighted by atomic mass is 35.5. The number of unbranched alkanes of at least 4 members (excludes halogenated alkanes) is 5. The summed E-state index contributed by atoms with van der Waals surface area (Å²) >= 11 is 5.66. The normalized spacial score (nSPS) is 14.4. The van der Waals surface area contributed by atoms with E-state index in [-0.39, 0.29) is 40.7 Å². The molecule has 4 rings (SSSR count). The molecule has 4 N–H and O–H groups in total. The van der Waals surface area contributed by atoms with E-state index in [1.165, 1.54) is 30.3 Å². The van der Waals surface area contributed by atoms with Crippen LogP contribution in [0.2, 0.25) is 0 Å². The molecule has 1 unspecified atom stereocenters. The van der Waals surface area contributed by atoms with E-state index < -0.39 is 11.9 Å². The Hall–Kier alpha value is -4.19. The van der Waals surface area contributed by atoms with Crippen LogP contribution < -0.4 is 16.1 Å². The predicted molar refractivity (Wildman–Crippen MR) is 188 cm³/mol. The molecule has 264 valence electrons. The summed E-state index contributed by atoms with van der Waals surface area (Å²) in [6.45, 7) is 3.01. The number of amides is 2. The summed E-state index contributed by atoms with van der Waals surface area (Å²) in [5, 5.41) is 26.5. The van der Waals surface area contributed by atoms with Gasteiger partial charge in [0, 0.05) is 60.6 Å². The third-order valence-electron chi connectivity index (χ3n) is 8.24. The number of ether oxygens (including phenoxy) is 2. The maximum absolute atomic E-state index is 13.0. The molecule has 1 aromatic carbocycles. The minimum absolute atomic E-state index is 0.0336. The monoisotopic (exact) mass is 696 g/mol. The summed E-state index contributed by atoms with van der Waals surface area (Å²) < 4.78 is 16.9. The van der Waals surface area contributed by atoms with Gasteiger partial charge in [-0.15, -0.1) is 11.6 Å². The van der Waals surface area contributed by atoms with Crippen molar-refractivity contribution in [2.24, 2.45) is 5.92 Å². The van der Waals surface area contributed by atoms with Crippen molar-refractivity contribution in [1.29, 1.82) is 0 Å². The number of aliphatic carboxylic acids is 1. The van der Waals surface area contributed by atoms with Crippen LogP contribution in [0, 0.1) is 5.92 Å². The smallest absolute Gasteiger partial charge is 0.336 e. The molecule has 3 aliphatic rings. The van der Waals surface area contributed by atoms with Crippen LogP contribution in [-0.4, -0.2) is 73.4 Å². The number of phenolic OH excluding ortho intramolecular Hbond substituents is 1. The van der Waals surface area contributed by atoms with Gasteiger partial charge in [-0.05, 0) is 61.9 Å². The van der Waals surface area contributed by atoms with Crippen molar-refractivity contribution in [3.8, 4) is 17.1 Å². The minimum Gasteiger partial charge on any atom is -0.508 e. The van der Waals surface area contributed by atoms with Gasteiger partial charge in [-0.25, -0.2) is 4.79 Å². The molecular weight excluding hydrogens is 652 g/mol. The second-order valence-corrected chi connectivity index (χ2v) is 12.3. The fourth-order valence-electron chi connectivity index (χ4n) is 5.72. The Balaban J connectivity index is 1.17. The van der Waals surface area contributed by atoms with Crippen LogP contribution in [-0.2, 0) is 23.9 Å². The molecule has 2 aliphatic carbocycles. The lowest BCUT2D eigenvalue weighted by molar-refractivity contribution is -0.132. The number of halogens is 1. The van der Waals surface area contributed by atoms with E-state index in [1.807, 2.05) is 0 Å². The number of fused-ring (bicyclic) bond motifs is 2. The standard InChI is InChI=1S/C37H45ClN2O9/c38-15-5-1-2-7-18-47-20-21-48-19-17-39-34(43)8-4-3-6-16-40-36(44)25-9-12-28(31(22-25)37(45)46)35-29-13-10-26(41)23-32(29)49-33-24-27(42)11-14-30(33)35/h10-14,22-25,41H,1-9,15-21H2,(H,39,43)(H,40,44)(H,45,46). The molecule has 1 heterocycles. The Labute approximate surface area is 290 Å². The first-order valence-electron chi connectivity index (χ1n) is 16.9. The first-order valence-corrected chi connectivity index (χ1v) is 17.4. The molecule has 11 nitrogen and oxygen atoms in total. The van der Waals surface area contributed by atoms with E-state index in [2.05, 4.69) is 10.6 Å². The molecule has 49 heavy (non-hydrogen) atoms. The van der Waals surface area contributed by atoms with E-state index in [9.17, 15) is 29.4 Å². The molecular formula is C37H45ClN2O9. The van der Waals surface area contributed by atoms with Crippen LogP contribution in [0.4, 0.5) is 0 Å². The Kier molecular flexibility index (Phi) is 15.1. The maximum Gasteiger partial charge on any atom is 0.336 e. The molecule has 12 heteroatoms. The quantitative estimate of drug-likeness (QED) is 0.0627. The highest BCUT2D eigenvalue weighted by molar-refractivity contribution is 6.17. The summed E-state index contributed by atoms with van der Waals surface area (Å²) in [6, 6.07) is 8.82. The third kappa shape index (κ3) is 11.4. The number of carbonyl (C=O) groups is 3. The van der Waals surface area contributed by atoms with Gasteiger partial charge in [-0.1, -0.05) is 31.4 Å². The Bertz CT molecular complexity index is 1670. The average molecular weight is 697 g/mol. The van der Waals surface area contributed by atoms with Gasteiger partial charge in [0.2, 0.25) is 11.8 Å². The first-order chi connectivity index (χ1) is 23.8. The number of hydrogen-bond donors (Lipinski definition) is 4. The van der Waals surface area contributed by atoms with Crippen molar-refractivity contribution in [1.82, 2.24) is 10.6 Å². The van der Waals surface area contributed by atoms with Crippen LogP contribution in [0.15, 0.2) is 63.3 Å². The largest absolute Gasteiger partial charge is 0.508 e. The maximum atomic E-state index is 13.0. The Morgan fingerprint density at radius 1 is 0.878 bits per heavy atom. The summed E-state index contributed by atoms with van der Waals surface area (Å²) in [5.41, 5.74) is 1.49. The van der Waals surface area contributed by atoms with Gasteiger partial charge in [-0.2, -0.15) is 0 Å². The van der Waals surface area contributed by atoms with Gasteiger partial charge in [0.15, 0.2) is 5.43 Å².